The zero-order chi connectivity index (χ0) is 7.11. The van der Waals surface area contributed by atoms with Gasteiger partial charge in [-0.15, -0.1) is 0 Å². The first-order chi connectivity index (χ1) is 4.31. The van der Waals surface area contributed by atoms with E-state index in [1.54, 1.807) is 7.11 Å². The maximum Gasteiger partial charge on any atom is 0.165 e. The van der Waals surface area contributed by atoms with Crippen LogP contribution in [-0.2, 0) is 4.74 Å². The monoisotopic (exact) mass is 165 g/mol. The molecule has 0 amide bonds. The molecule has 0 fully saturated rings. The van der Waals surface area contributed by atoms with Crippen molar-refractivity contribution in [3.8, 4) is 0 Å². The van der Waals surface area contributed by atoms with Crippen LogP contribution < -0.4 is 12.4 Å². The molecule has 0 saturated carbocycles. The standard InChI is InChI=1S/C7H16NO.ClH/c1-4-5-8(2)6-7-9-3;/h6H,4-5,7H2,1-3H3;1H/q+1;/p-1. The Balaban J connectivity index is 0. The minimum Gasteiger partial charge on any atom is -1.00 e. The Morgan fingerprint density at radius 3 is 2.50 bits per heavy atom. The summed E-state index contributed by atoms with van der Waals surface area (Å²) in [6.07, 6.45) is 3.24. The summed E-state index contributed by atoms with van der Waals surface area (Å²) in [5.74, 6) is 0. The Bertz CT molecular complexity index is 93.6. The molecule has 0 spiro atoms. The number of hydrogen-bond acceptors (Lipinski definition) is 1. The summed E-state index contributed by atoms with van der Waals surface area (Å²) < 4.78 is 7.00. The van der Waals surface area contributed by atoms with E-state index in [0.717, 1.165) is 13.2 Å². The summed E-state index contributed by atoms with van der Waals surface area (Å²) in [5.41, 5.74) is 0. The molecule has 0 saturated heterocycles. The van der Waals surface area contributed by atoms with Gasteiger partial charge in [-0.25, -0.2) is 4.58 Å². The molecule has 0 radical (unpaired) electrons. The van der Waals surface area contributed by atoms with Crippen LogP contribution in [0.3, 0.4) is 0 Å². The van der Waals surface area contributed by atoms with Gasteiger partial charge in [-0.1, -0.05) is 6.92 Å². The molecule has 0 aromatic heterocycles. The second kappa shape index (κ2) is 8.92. The van der Waals surface area contributed by atoms with E-state index in [1.165, 1.54) is 6.42 Å². The lowest BCUT2D eigenvalue weighted by Gasteiger charge is -1.91. The Labute approximate surface area is 69.3 Å². The summed E-state index contributed by atoms with van der Waals surface area (Å²) in [4.78, 5) is 0. The van der Waals surface area contributed by atoms with Gasteiger partial charge in [0.05, 0.1) is 0 Å². The maximum absolute atomic E-state index is 4.86. The van der Waals surface area contributed by atoms with Gasteiger partial charge in [-0.3, -0.25) is 0 Å². The second-order valence-electron chi connectivity index (χ2n) is 2.12. The van der Waals surface area contributed by atoms with Gasteiger partial charge in [0.2, 0.25) is 0 Å². The first-order valence-electron chi connectivity index (χ1n) is 3.33. The lowest BCUT2D eigenvalue weighted by atomic mass is 10.5. The number of hydrogen-bond donors (Lipinski definition) is 0. The average Bonchev–Trinajstić information content (AvgIpc) is 1.85. The van der Waals surface area contributed by atoms with E-state index in [-0.39, 0.29) is 12.4 Å². The van der Waals surface area contributed by atoms with Crippen LogP contribution in [0.4, 0.5) is 0 Å². The highest BCUT2D eigenvalue weighted by atomic mass is 35.5. The van der Waals surface area contributed by atoms with Gasteiger partial charge >= 0.3 is 0 Å². The molecule has 0 heterocycles. The molecule has 62 valence electrons. The fourth-order valence-corrected chi connectivity index (χ4v) is 0.646. The van der Waals surface area contributed by atoms with Gasteiger partial charge in [0.25, 0.3) is 0 Å². The Hall–Kier alpha value is -0.0800. The third kappa shape index (κ3) is 7.92. The SMILES string of the molecule is CCC[N+](C)=CCOC.[Cl-]. The van der Waals surface area contributed by atoms with Crippen molar-refractivity contribution in [1.82, 2.24) is 0 Å². The lowest BCUT2D eigenvalue weighted by Crippen LogP contribution is -3.00. The first-order valence-corrected chi connectivity index (χ1v) is 3.33. The Morgan fingerprint density at radius 1 is 1.50 bits per heavy atom. The van der Waals surface area contributed by atoms with Crippen LogP contribution in [0, 0.1) is 0 Å². The number of ether oxygens (including phenoxy) is 1. The molecule has 0 atom stereocenters. The van der Waals surface area contributed by atoms with Crippen molar-refractivity contribution >= 4 is 6.21 Å². The van der Waals surface area contributed by atoms with E-state index in [9.17, 15) is 0 Å². The highest BCUT2D eigenvalue weighted by Gasteiger charge is 1.89. The smallest absolute Gasteiger partial charge is 0.165 e. The van der Waals surface area contributed by atoms with Crippen molar-refractivity contribution in [3.63, 3.8) is 0 Å². The summed E-state index contributed by atoms with van der Waals surface area (Å²) >= 11 is 0. The van der Waals surface area contributed by atoms with Gasteiger partial charge in [-0.05, 0) is 0 Å². The molecule has 0 bridgehead atoms. The predicted octanol–water partition coefficient (Wildman–Crippen LogP) is -2.24. The minimum absolute atomic E-state index is 0. The molecule has 0 rings (SSSR count). The van der Waals surface area contributed by atoms with Crippen molar-refractivity contribution < 1.29 is 21.7 Å². The molecule has 2 nitrogen and oxygen atoms in total. The highest BCUT2D eigenvalue weighted by Crippen LogP contribution is 1.74. The topological polar surface area (TPSA) is 12.2 Å². The molecule has 0 aliphatic carbocycles. The van der Waals surface area contributed by atoms with Gasteiger partial charge in [0, 0.05) is 13.5 Å². The third-order valence-corrected chi connectivity index (χ3v) is 1.13. The second-order valence-corrected chi connectivity index (χ2v) is 2.12. The fraction of sp³-hybridized carbons (Fsp3) is 0.857. The van der Waals surface area contributed by atoms with Crippen LogP contribution >= 0.6 is 0 Å². The Kier molecular flexibility index (Phi) is 11.2. The van der Waals surface area contributed by atoms with Crippen molar-refractivity contribution in [2.45, 2.75) is 13.3 Å². The number of methoxy groups -OCH3 is 1. The summed E-state index contributed by atoms with van der Waals surface area (Å²) in [5, 5.41) is 0. The van der Waals surface area contributed by atoms with Crippen LogP contribution in [0.25, 0.3) is 0 Å². The molecular formula is C7H16ClNO. The third-order valence-electron chi connectivity index (χ3n) is 1.13. The van der Waals surface area contributed by atoms with E-state index in [0.29, 0.717) is 0 Å². The van der Waals surface area contributed by atoms with E-state index < -0.39 is 0 Å². The van der Waals surface area contributed by atoms with Crippen LogP contribution in [0.1, 0.15) is 13.3 Å². The summed E-state index contributed by atoms with van der Waals surface area (Å²) in [6, 6.07) is 0. The fourth-order valence-electron chi connectivity index (χ4n) is 0.646. The average molecular weight is 166 g/mol. The van der Waals surface area contributed by atoms with Crippen LogP contribution in [-0.4, -0.2) is 38.1 Å². The number of rotatable bonds is 4. The highest BCUT2D eigenvalue weighted by molar-refractivity contribution is 5.52. The molecule has 0 N–H and O–H groups in total. The largest absolute Gasteiger partial charge is 1.00 e. The van der Waals surface area contributed by atoms with Gasteiger partial charge < -0.3 is 17.1 Å². The molecule has 0 aliphatic heterocycles. The van der Waals surface area contributed by atoms with Gasteiger partial charge in [0.1, 0.15) is 20.2 Å². The predicted molar refractivity (Wildman–Crippen MR) is 39.3 cm³/mol. The van der Waals surface area contributed by atoms with Crippen LogP contribution in [0.5, 0.6) is 0 Å². The van der Waals surface area contributed by atoms with Crippen LogP contribution in [0.2, 0.25) is 0 Å². The zero-order valence-corrected chi connectivity index (χ0v) is 7.69. The van der Waals surface area contributed by atoms with Gasteiger partial charge in [0.15, 0.2) is 6.21 Å². The summed E-state index contributed by atoms with van der Waals surface area (Å²) in [6.45, 7) is 4.00. The van der Waals surface area contributed by atoms with Crippen molar-refractivity contribution in [2.75, 3.05) is 27.3 Å². The van der Waals surface area contributed by atoms with E-state index in [4.69, 9.17) is 4.74 Å². The minimum atomic E-state index is 0. The van der Waals surface area contributed by atoms with E-state index in [2.05, 4.69) is 18.5 Å². The summed E-state index contributed by atoms with van der Waals surface area (Å²) in [7, 11) is 3.76. The van der Waals surface area contributed by atoms with Crippen LogP contribution in [0.15, 0.2) is 0 Å². The van der Waals surface area contributed by atoms with Crippen molar-refractivity contribution in [3.05, 3.63) is 0 Å². The quantitative estimate of drug-likeness (QED) is 0.339. The molecule has 0 aliphatic rings. The maximum atomic E-state index is 4.86. The van der Waals surface area contributed by atoms with E-state index >= 15 is 0 Å². The van der Waals surface area contributed by atoms with Crippen molar-refractivity contribution in [1.29, 1.82) is 0 Å². The molecule has 0 aromatic rings. The normalized spacial score (nSPS) is 10.9. The number of nitrogens with zero attached hydrogens (tertiary/aromatic N) is 1. The molecule has 10 heavy (non-hydrogen) atoms. The number of halogens is 1. The molecule has 0 unspecified atom stereocenters. The lowest BCUT2D eigenvalue weighted by molar-refractivity contribution is -0.494. The molecule has 3 heteroatoms. The van der Waals surface area contributed by atoms with Gasteiger partial charge in [-0.2, -0.15) is 0 Å². The first kappa shape index (κ1) is 12.6. The zero-order valence-electron chi connectivity index (χ0n) is 6.93. The molecular weight excluding hydrogens is 150 g/mol. The Morgan fingerprint density at radius 2 is 2.10 bits per heavy atom. The van der Waals surface area contributed by atoms with E-state index in [1.807, 2.05) is 6.21 Å². The molecule has 0 aromatic carbocycles. The van der Waals surface area contributed by atoms with Crippen molar-refractivity contribution in [2.24, 2.45) is 0 Å².